The van der Waals surface area contributed by atoms with Crippen LogP contribution in [0.1, 0.15) is 53.1 Å². The molecule has 0 aliphatic rings. The molecule has 0 unspecified atom stereocenters. The smallest absolute Gasteiger partial charge is 0.359 e. The summed E-state index contributed by atoms with van der Waals surface area (Å²) in [6.07, 6.45) is 0. The van der Waals surface area contributed by atoms with Crippen molar-refractivity contribution in [3.05, 3.63) is 91.2 Å². The highest BCUT2D eigenvalue weighted by Crippen LogP contribution is 2.31. The first kappa shape index (κ1) is 24.7. The van der Waals surface area contributed by atoms with E-state index in [1.807, 2.05) is 12.1 Å². The molecule has 1 amide bonds. The zero-order chi connectivity index (χ0) is 26.0. The van der Waals surface area contributed by atoms with Crippen LogP contribution in [0.25, 0.3) is 16.5 Å². The van der Waals surface area contributed by atoms with Crippen LogP contribution in [0.15, 0.2) is 58.7 Å². The molecule has 0 saturated heterocycles. The highest BCUT2D eigenvalue weighted by molar-refractivity contribution is 7.16. The van der Waals surface area contributed by atoms with E-state index in [0.717, 1.165) is 21.6 Å². The number of esters is 1. The first-order chi connectivity index (χ1) is 17.2. The van der Waals surface area contributed by atoms with E-state index in [9.17, 15) is 24.5 Å². The highest BCUT2D eigenvalue weighted by atomic mass is 32.1. The number of fused-ring (bicyclic) bond motifs is 1. The van der Waals surface area contributed by atoms with Gasteiger partial charge in [-0.15, -0.1) is 11.3 Å². The summed E-state index contributed by atoms with van der Waals surface area (Å²) in [4.78, 5) is 49.4. The third kappa shape index (κ3) is 4.73. The molecule has 2 aromatic carbocycles. The predicted octanol–water partition coefficient (Wildman–Crippen LogP) is 4.91. The van der Waals surface area contributed by atoms with E-state index in [1.54, 1.807) is 24.4 Å². The minimum Gasteiger partial charge on any atom is -0.461 e. The Hall–Kier alpha value is -4.38. The largest absolute Gasteiger partial charge is 0.461 e. The van der Waals surface area contributed by atoms with Crippen LogP contribution in [0.3, 0.4) is 0 Å². The van der Waals surface area contributed by atoms with Crippen molar-refractivity contribution < 1.29 is 19.2 Å². The van der Waals surface area contributed by atoms with Crippen LogP contribution in [0.4, 0.5) is 10.7 Å². The molecule has 2 aromatic heterocycles. The standard InChI is InChI=1S/C25H22N4O6S/c1-4-35-25(32)21-19-13-36-23(26-22(30)16-7-11-18(12-8-16)29(33)34)20(19)24(31)28(27-21)17-9-5-15(6-10-17)14(2)3/h5-14H,4H2,1-3H3,(H,26,30). The lowest BCUT2D eigenvalue weighted by atomic mass is 10.0. The van der Waals surface area contributed by atoms with Gasteiger partial charge in [0.15, 0.2) is 5.69 Å². The summed E-state index contributed by atoms with van der Waals surface area (Å²) in [6.45, 7) is 5.89. The van der Waals surface area contributed by atoms with Gasteiger partial charge >= 0.3 is 5.97 Å². The van der Waals surface area contributed by atoms with E-state index in [4.69, 9.17) is 4.74 Å². The lowest BCUT2D eigenvalue weighted by molar-refractivity contribution is -0.384. The molecule has 2 heterocycles. The molecule has 0 aliphatic carbocycles. The second-order valence-electron chi connectivity index (χ2n) is 8.14. The normalized spacial score (nSPS) is 11.0. The molecule has 0 atom stereocenters. The third-order valence-electron chi connectivity index (χ3n) is 5.49. The van der Waals surface area contributed by atoms with Crippen molar-refractivity contribution >= 4 is 44.7 Å². The number of nitrogens with zero attached hydrogens (tertiary/aromatic N) is 3. The summed E-state index contributed by atoms with van der Waals surface area (Å²) in [6, 6.07) is 12.3. The minimum atomic E-state index is -0.693. The molecular weight excluding hydrogens is 484 g/mol. The van der Waals surface area contributed by atoms with Gasteiger partial charge in [0.05, 0.1) is 22.6 Å². The van der Waals surface area contributed by atoms with Gasteiger partial charge in [-0.05, 0) is 42.7 Å². The quantitative estimate of drug-likeness (QED) is 0.214. The van der Waals surface area contributed by atoms with E-state index in [0.29, 0.717) is 11.6 Å². The number of nitrogens with one attached hydrogen (secondary N) is 1. The van der Waals surface area contributed by atoms with E-state index in [1.165, 1.54) is 24.3 Å². The molecule has 11 heteroatoms. The van der Waals surface area contributed by atoms with Gasteiger partial charge in [-0.25, -0.2) is 4.79 Å². The maximum absolute atomic E-state index is 13.5. The van der Waals surface area contributed by atoms with E-state index >= 15 is 0 Å². The Morgan fingerprint density at radius 2 is 1.81 bits per heavy atom. The number of carbonyl (C=O) groups excluding carboxylic acids is 2. The third-order valence-corrected chi connectivity index (χ3v) is 6.39. The zero-order valence-corrected chi connectivity index (χ0v) is 20.5. The van der Waals surface area contributed by atoms with E-state index < -0.39 is 22.4 Å². The molecule has 1 N–H and O–H groups in total. The first-order valence-corrected chi connectivity index (χ1v) is 12.0. The molecule has 0 radical (unpaired) electrons. The Balaban J connectivity index is 1.81. The molecule has 4 rings (SSSR count). The number of ether oxygens (including phenoxy) is 1. The summed E-state index contributed by atoms with van der Waals surface area (Å²) in [5, 5.41) is 20.0. The second-order valence-corrected chi connectivity index (χ2v) is 9.02. The SMILES string of the molecule is CCOC(=O)c1nn(-c2ccc(C(C)C)cc2)c(=O)c2c(NC(=O)c3ccc([N+](=O)[O-])cc3)scc12. The van der Waals surface area contributed by atoms with E-state index in [2.05, 4.69) is 24.3 Å². The summed E-state index contributed by atoms with van der Waals surface area (Å²) < 4.78 is 6.27. The fourth-order valence-corrected chi connectivity index (χ4v) is 4.51. The number of rotatable bonds is 7. The number of nitro benzene ring substituents is 1. The first-order valence-electron chi connectivity index (χ1n) is 11.1. The van der Waals surface area contributed by atoms with Gasteiger partial charge in [0.1, 0.15) is 5.00 Å². The molecule has 0 bridgehead atoms. The highest BCUT2D eigenvalue weighted by Gasteiger charge is 2.23. The predicted molar refractivity (Wildman–Crippen MR) is 136 cm³/mol. The Bertz CT molecular complexity index is 1520. The van der Waals surface area contributed by atoms with Crippen molar-refractivity contribution in [2.75, 3.05) is 11.9 Å². The molecular formula is C25H22N4O6S. The van der Waals surface area contributed by atoms with Crippen LogP contribution in [-0.2, 0) is 4.74 Å². The molecule has 0 fully saturated rings. The average Bonchev–Trinajstić information content (AvgIpc) is 3.28. The van der Waals surface area contributed by atoms with Crippen molar-refractivity contribution in [2.45, 2.75) is 26.7 Å². The number of nitro groups is 1. The number of anilines is 1. The molecule has 0 spiro atoms. The Morgan fingerprint density at radius 3 is 2.39 bits per heavy atom. The number of non-ortho nitro benzene ring substituents is 1. The number of carbonyl (C=O) groups is 2. The molecule has 0 saturated carbocycles. The number of hydrogen-bond donors (Lipinski definition) is 1. The van der Waals surface area contributed by atoms with Gasteiger partial charge in [-0.2, -0.15) is 9.78 Å². The van der Waals surface area contributed by atoms with Crippen LogP contribution in [0.2, 0.25) is 0 Å². The summed E-state index contributed by atoms with van der Waals surface area (Å²) >= 11 is 1.07. The summed E-state index contributed by atoms with van der Waals surface area (Å²) in [5.41, 5.74) is 0.985. The van der Waals surface area contributed by atoms with Crippen molar-refractivity contribution in [3.8, 4) is 5.69 Å². The van der Waals surface area contributed by atoms with Crippen LogP contribution < -0.4 is 10.9 Å². The molecule has 10 nitrogen and oxygen atoms in total. The lowest BCUT2D eigenvalue weighted by Gasteiger charge is -2.11. The average molecular weight is 507 g/mol. The number of aromatic nitrogens is 2. The Kier molecular flexibility index (Phi) is 6.93. The minimum absolute atomic E-state index is 0.0496. The second kappa shape index (κ2) is 10.1. The molecule has 0 aliphatic heterocycles. The number of hydrogen-bond acceptors (Lipinski definition) is 8. The molecule has 4 aromatic rings. The Morgan fingerprint density at radius 1 is 1.14 bits per heavy atom. The zero-order valence-electron chi connectivity index (χ0n) is 19.7. The number of amides is 1. The molecule has 36 heavy (non-hydrogen) atoms. The fraction of sp³-hybridized carbons (Fsp3) is 0.200. The van der Waals surface area contributed by atoms with Gasteiger partial charge in [0.2, 0.25) is 0 Å². The van der Waals surface area contributed by atoms with Gasteiger partial charge < -0.3 is 10.1 Å². The van der Waals surface area contributed by atoms with Crippen LogP contribution >= 0.6 is 11.3 Å². The number of thiophene rings is 1. The maximum atomic E-state index is 13.5. The topological polar surface area (TPSA) is 133 Å². The monoisotopic (exact) mass is 506 g/mol. The maximum Gasteiger partial charge on any atom is 0.359 e. The van der Waals surface area contributed by atoms with E-state index in [-0.39, 0.29) is 39.3 Å². The van der Waals surface area contributed by atoms with Gasteiger partial charge in [-0.1, -0.05) is 26.0 Å². The van der Waals surface area contributed by atoms with Crippen molar-refractivity contribution in [2.24, 2.45) is 0 Å². The summed E-state index contributed by atoms with van der Waals surface area (Å²) in [7, 11) is 0. The lowest BCUT2D eigenvalue weighted by Crippen LogP contribution is -2.25. The number of benzene rings is 2. The van der Waals surface area contributed by atoms with Gasteiger partial charge in [0.25, 0.3) is 17.2 Å². The van der Waals surface area contributed by atoms with Crippen molar-refractivity contribution in [1.29, 1.82) is 0 Å². The van der Waals surface area contributed by atoms with Crippen molar-refractivity contribution in [3.63, 3.8) is 0 Å². The van der Waals surface area contributed by atoms with Gasteiger partial charge in [-0.3, -0.25) is 19.7 Å². The van der Waals surface area contributed by atoms with Gasteiger partial charge in [0, 0.05) is 28.5 Å². The van der Waals surface area contributed by atoms with Crippen LogP contribution in [-0.4, -0.2) is 33.2 Å². The summed E-state index contributed by atoms with van der Waals surface area (Å²) in [5.74, 6) is -0.962. The van der Waals surface area contributed by atoms with Crippen LogP contribution in [0.5, 0.6) is 0 Å². The van der Waals surface area contributed by atoms with Crippen molar-refractivity contribution in [1.82, 2.24) is 9.78 Å². The fourth-order valence-electron chi connectivity index (χ4n) is 3.58. The molecule has 184 valence electrons. The Labute approximate surface area is 209 Å². The van der Waals surface area contributed by atoms with Crippen LogP contribution in [0, 0.1) is 10.1 Å².